The van der Waals surface area contributed by atoms with Crippen molar-refractivity contribution in [2.45, 2.75) is 4.90 Å². The molecule has 2 rings (SSSR count). The number of aliphatic carboxylic acids is 1. The first-order valence-electron chi connectivity index (χ1n) is 7.19. The molecule has 0 radical (unpaired) electrons. The third-order valence-electron chi connectivity index (χ3n) is 3.19. The molecule has 0 heterocycles. The highest BCUT2D eigenvalue weighted by atomic mass is 35.5. The van der Waals surface area contributed by atoms with Gasteiger partial charge in [-0.1, -0.05) is 23.2 Å². The number of carbonyl (C=O) groups is 2. The number of sulfonamides is 1. The minimum Gasteiger partial charge on any atom is -0.480 e. The number of esters is 1. The molecular formula is C16H13Cl2NO7S. The number of halogens is 2. The molecule has 0 aliphatic carbocycles. The topological polar surface area (TPSA) is 119 Å². The Morgan fingerprint density at radius 2 is 1.81 bits per heavy atom. The zero-order chi connectivity index (χ0) is 20.2. The van der Waals surface area contributed by atoms with Crippen LogP contribution in [0.25, 0.3) is 0 Å². The first-order valence-corrected chi connectivity index (χ1v) is 9.43. The first-order chi connectivity index (χ1) is 12.6. The SMILES string of the molecule is COC(=O)c1cc(NS(=O)(=O)c2ccc(OCC(=O)O)c(Cl)c2)ccc1Cl. The average molecular weight is 434 g/mol. The third-order valence-corrected chi connectivity index (χ3v) is 5.19. The Labute approximate surface area is 164 Å². The van der Waals surface area contributed by atoms with Crippen LogP contribution in [0.3, 0.4) is 0 Å². The molecule has 0 fully saturated rings. The Kier molecular flexibility index (Phi) is 6.53. The van der Waals surface area contributed by atoms with Crippen molar-refractivity contribution in [3.63, 3.8) is 0 Å². The molecule has 144 valence electrons. The van der Waals surface area contributed by atoms with Gasteiger partial charge < -0.3 is 14.6 Å². The van der Waals surface area contributed by atoms with Crippen LogP contribution in [0.15, 0.2) is 41.3 Å². The quantitative estimate of drug-likeness (QED) is 0.643. The highest BCUT2D eigenvalue weighted by Crippen LogP contribution is 2.29. The second-order valence-electron chi connectivity index (χ2n) is 5.07. The van der Waals surface area contributed by atoms with E-state index < -0.39 is 28.6 Å². The monoisotopic (exact) mass is 433 g/mol. The predicted octanol–water partition coefficient (Wildman–Crippen LogP) is 3.04. The summed E-state index contributed by atoms with van der Waals surface area (Å²) in [6.45, 7) is -0.620. The summed E-state index contributed by atoms with van der Waals surface area (Å²) in [4.78, 5) is 22.0. The van der Waals surface area contributed by atoms with Crippen LogP contribution in [0.5, 0.6) is 5.75 Å². The molecule has 2 N–H and O–H groups in total. The van der Waals surface area contributed by atoms with E-state index in [1.54, 1.807) is 0 Å². The average Bonchev–Trinajstić information content (AvgIpc) is 2.61. The second kappa shape index (κ2) is 8.47. The fraction of sp³-hybridized carbons (Fsp3) is 0.125. The van der Waals surface area contributed by atoms with Gasteiger partial charge in [0.05, 0.1) is 27.6 Å². The Bertz CT molecular complexity index is 992. The summed E-state index contributed by atoms with van der Waals surface area (Å²) < 4.78 is 36.8. The molecule has 0 amide bonds. The van der Waals surface area contributed by atoms with Crippen molar-refractivity contribution in [3.8, 4) is 5.75 Å². The summed E-state index contributed by atoms with van der Waals surface area (Å²) in [5, 5.41) is 8.62. The van der Waals surface area contributed by atoms with E-state index in [1.165, 1.54) is 37.4 Å². The van der Waals surface area contributed by atoms with Gasteiger partial charge in [0.25, 0.3) is 10.0 Å². The van der Waals surface area contributed by atoms with E-state index >= 15 is 0 Å². The van der Waals surface area contributed by atoms with Crippen LogP contribution in [0.2, 0.25) is 10.0 Å². The van der Waals surface area contributed by atoms with Crippen molar-refractivity contribution in [2.24, 2.45) is 0 Å². The number of nitrogens with one attached hydrogen (secondary N) is 1. The summed E-state index contributed by atoms with van der Waals surface area (Å²) in [5.41, 5.74) is 0.0805. The van der Waals surface area contributed by atoms with Crippen molar-refractivity contribution in [1.29, 1.82) is 0 Å². The van der Waals surface area contributed by atoms with Gasteiger partial charge >= 0.3 is 11.9 Å². The van der Waals surface area contributed by atoms with Gasteiger partial charge in [0, 0.05) is 5.69 Å². The zero-order valence-corrected chi connectivity index (χ0v) is 16.1. The molecule has 0 atom stereocenters. The molecule has 2 aromatic carbocycles. The maximum atomic E-state index is 12.5. The van der Waals surface area contributed by atoms with Crippen LogP contribution in [0.1, 0.15) is 10.4 Å². The Morgan fingerprint density at radius 1 is 1.11 bits per heavy atom. The maximum Gasteiger partial charge on any atom is 0.341 e. The van der Waals surface area contributed by atoms with Crippen LogP contribution < -0.4 is 9.46 Å². The number of carboxylic acids is 1. The molecule has 0 aliphatic heterocycles. The predicted molar refractivity (Wildman–Crippen MR) is 98.2 cm³/mol. The van der Waals surface area contributed by atoms with Gasteiger partial charge in [-0.25, -0.2) is 18.0 Å². The van der Waals surface area contributed by atoms with Gasteiger partial charge in [-0.2, -0.15) is 0 Å². The summed E-state index contributed by atoms with van der Waals surface area (Å²) >= 11 is 11.8. The number of anilines is 1. The van der Waals surface area contributed by atoms with Crippen molar-refractivity contribution >= 4 is 50.9 Å². The Morgan fingerprint density at radius 3 is 2.41 bits per heavy atom. The van der Waals surface area contributed by atoms with Crippen molar-refractivity contribution in [3.05, 3.63) is 52.0 Å². The summed E-state index contributed by atoms with van der Waals surface area (Å²) in [6, 6.07) is 7.50. The van der Waals surface area contributed by atoms with Crippen molar-refractivity contribution in [2.75, 3.05) is 18.4 Å². The molecule has 0 aromatic heterocycles. The molecular weight excluding hydrogens is 421 g/mol. The molecule has 0 spiro atoms. The lowest BCUT2D eigenvalue weighted by molar-refractivity contribution is -0.139. The minimum atomic E-state index is -4.05. The smallest absolute Gasteiger partial charge is 0.341 e. The number of benzene rings is 2. The van der Waals surface area contributed by atoms with E-state index in [1.807, 2.05) is 0 Å². The second-order valence-corrected chi connectivity index (χ2v) is 7.56. The van der Waals surface area contributed by atoms with E-state index in [4.69, 9.17) is 33.0 Å². The fourth-order valence-electron chi connectivity index (χ4n) is 1.97. The largest absolute Gasteiger partial charge is 0.480 e. The molecule has 0 saturated carbocycles. The maximum absolute atomic E-state index is 12.5. The van der Waals surface area contributed by atoms with Crippen LogP contribution >= 0.6 is 23.2 Å². The zero-order valence-electron chi connectivity index (χ0n) is 13.7. The van der Waals surface area contributed by atoms with Crippen LogP contribution in [0.4, 0.5) is 5.69 Å². The number of carboxylic acid groups (broad SMARTS) is 1. The van der Waals surface area contributed by atoms with Gasteiger partial charge in [0.2, 0.25) is 0 Å². The Hall–Kier alpha value is -2.49. The van der Waals surface area contributed by atoms with E-state index in [2.05, 4.69) is 9.46 Å². The lowest BCUT2D eigenvalue weighted by atomic mass is 10.2. The van der Waals surface area contributed by atoms with Crippen molar-refractivity contribution in [1.82, 2.24) is 0 Å². The number of methoxy groups -OCH3 is 1. The summed E-state index contributed by atoms with van der Waals surface area (Å²) in [5.74, 6) is -1.89. The molecule has 2 aromatic rings. The van der Waals surface area contributed by atoms with Gasteiger partial charge in [0.1, 0.15) is 5.75 Å². The highest BCUT2D eigenvalue weighted by molar-refractivity contribution is 7.92. The lowest BCUT2D eigenvalue weighted by Crippen LogP contribution is -2.14. The van der Waals surface area contributed by atoms with E-state index in [-0.39, 0.29) is 31.9 Å². The normalized spacial score (nSPS) is 10.9. The Balaban J connectivity index is 2.28. The molecule has 0 aliphatic rings. The number of carbonyl (C=O) groups excluding carboxylic acids is 1. The van der Waals surface area contributed by atoms with Crippen LogP contribution in [-0.2, 0) is 19.6 Å². The third kappa shape index (κ3) is 5.25. The van der Waals surface area contributed by atoms with Crippen molar-refractivity contribution < 1.29 is 32.6 Å². The van der Waals surface area contributed by atoms with E-state index in [0.29, 0.717) is 0 Å². The molecule has 11 heteroatoms. The number of hydrogen-bond acceptors (Lipinski definition) is 6. The van der Waals surface area contributed by atoms with Gasteiger partial charge in [-0.05, 0) is 36.4 Å². The molecule has 8 nitrogen and oxygen atoms in total. The number of rotatable bonds is 7. The summed E-state index contributed by atoms with van der Waals surface area (Å²) in [7, 11) is -2.88. The molecule has 0 bridgehead atoms. The van der Waals surface area contributed by atoms with Gasteiger partial charge in [0.15, 0.2) is 6.61 Å². The molecule has 0 saturated heterocycles. The standard InChI is InChI=1S/C16H13Cl2NO7S/c1-25-16(22)11-6-9(2-4-12(11)17)19-27(23,24)10-3-5-14(13(18)7-10)26-8-15(20)21/h2-7,19H,8H2,1H3,(H,20,21). The van der Waals surface area contributed by atoms with E-state index in [9.17, 15) is 18.0 Å². The molecule has 0 unspecified atom stereocenters. The molecule has 27 heavy (non-hydrogen) atoms. The first kappa shape index (κ1) is 20.8. The van der Waals surface area contributed by atoms with Gasteiger partial charge in [-0.15, -0.1) is 0 Å². The summed E-state index contributed by atoms with van der Waals surface area (Å²) in [6.07, 6.45) is 0. The number of ether oxygens (including phenoxy) is 2. The fourth-order valence-corrected chi connectivity index (χ4v) is 3.54. The highest BCUT2D eigenvalue weighted by Gasteiger charge is 2.19. The number of hydrogen-bond donors (Lipinski definition) is 2. The lowest BCUT2D eigenvalue weighted by Gasteiger charge is -2.12. The van der Waals surface area contributed by atoms with E-state index in [0.717, 1.165) is 6.07 Å². The van der Waals surface area contributed by atoms with Gasteiger partial charge in [-0.3, -0.25) is 4.72 Å². The van der Waals surface area contributed by atoms with Crippen LogP contribution in [0, 0.1) is 0 Å². The minimum absolute atomic E-state index is 0.00480. The van der Waals surface area contributed by atoms with Crippen LogP contribution in [-0.4, -0.2) is 39.2 Å².